The Morgan fingerprint density at radius 1 is 0.909 bits per heavy atom. The minimum Gasteiger partial charge on any atom is -0.317 e. The second-order valence-electron chi connectivity index (χ2n) is 5.71. The summed E-state index contributed by atoms with van der Waals surface area (Å²) in [5, 5.41) is 9.79. The third-order valence-electron chi connectivity index (χ3n) is 4.44. The van der Waals surface area contributed by atoms with Crippen LogP contribution in [0.25, 0.3) is 0 Å². The first-order valence-corrected chi connectivity index (χ1v) is 9.09. The Bertz CT molecular complexity index is 550. The number of likely N-dealkylation sites (N-methyl/N-ethyl adjacent to an activating group) is 2. The molecular formula is C15H26N4O2S. The fourth-order valence-electron chi connectivity index (χ4n) is 3.12. The molecule has 7 heteroatoms. The molecule has 1 aromatic rings. The van der Waals surface area contributed by atoms with Crippen LogP contribution in [0.2, 0.25) is 0 Å². The summed E-state index contributed by atoms with van der Waals surface area (Å²) in [6, 6.07) is 8.83. The number of rotatable bonds is 6. The van der Waals surface area contributed by atoms with Crippen LogP contribution >= 0.6 is 0 Å². The maximum absolute atomic E-state index is 12.6. The molecule has 4 N–H and O–H groups in total. The molecule has 6 nitrogen and oxygen atoms in total. The van der Waals surface area contributed by atoms with E-state index in [1.54, 1.807) is 24.3 Å². The molecule has 0 radical (unpaired) electrons. The average molecular weight is 326 g/mol. The molecular weight excluding hydrogens is 300 g/mol. The summed E-state index contributed by atoms with van der Waals surface area (Å²) in [4.78, 5) is 0.301. The SMILES string of the molecule is CNC1CC(NC)C(NS(=O)(=O)c2ccccc2)C(NC)C1. The maximum Gasteiger partial charge on any atom is 0.240 e. The van der Waals surface area contributed by atoms with E-state index in [0.29, 0.717) is 10.9 Å². The van der Waals surface area contributed by atoms with Gasteiger partial charge in [-0.1, -0.05) is 18.2 Å². The van der Waals surface area contributed by atoms with Crippen LogP contribution < -0.4 is 20.7 Å². The van der Waals surface area contributed by atoms with Crippen LogP contribution in [0.3, 0.4) is 0 Å². The minimum atomic E-state index is -3.52. The van der Waals surface area contributed by atoms with Crippen molar-refractivity contribution in [3.63, 3.8) is 0 Å². The fourth-order valence-corrected chi connectivity index (χ4v) is 4.46. The molecule has 0 aromatic heterocycles. The van der Waals surface area contributed by atoms with E-state index in [1.807, 2.05) is 27.2 Å². The van der Waals surface area contributed by atoms with Gasteiger partial charge >= 0.3 is 0 Å². The lowest BCUT2D eigenvalue weighted by Crippen LogP contribution is -2.64. The number of benzene rings is 1. The predicted molar refractivity (Wildman–Crippen MR) is 88.3 cm³/mol. The van der Waals surface area contributed by atoms with E-state index in [-0.39, 0.29) is 18.1 Å². The van der Waals surface area contributed by atoms with Crippen molar-refractivity contribution in [2.24, 2.45) is 0 Å². The molecule has 1 aliphatic rings. The predicted octanol–water partition coefficient (Wildman–Crippen LogP) is -0.109. The standard InChI is InChI=1S/C15H26N4O2S/c1-16-11-9-13(17-2)15(14(10-11)18-3)19-22(20,21)12-7-5-4-6-8-12/h4-8,11,13-19H,9-10H2,1-3H3. The fraction of sp³-hybridized carbons (Fsp3) is 0.600. The Hall–Kier alpha value is -0.990. The Morgan fingerprint density at radius 3 is 1.91 bits per heavy atom. The van der Waals surface area contributed by atoms with Crippen LogP contribution in [0.5, 0.6) is 0 Å². The topological polar surface area (TPSA) is 82.3 Å². The number of nitrogens with one attached hydrogen (secondary N) is 4. The van der Waals surface area contributed by atoms with Crippen molar-refractivity contribution in [3.05, 3.63) is 30.3 Å². The molecule has 124 valence electrons. The Labute approximate surface area is 133 Å². The van der Waals surface area contributed by atoms with E-state index in [2.05, 4.69) is 20.7 Å². The van der Waals surface area contributed by atoms with Gasteiger partial charge in [0.25, 0.3) is 0 Å². The molecule has 0 heterocycles. The first-order chi connectivity index (χ1) is 10.5. The summed E-state index contributed by atoms with van der Waals surface area (Å²) in [7, 11) is 2.17. The molecule has 2 unspecified atom stereocenters. The molecule has 0 amide bonds. The van der Waals surface area contributed by atoms with Crippen molar-refractivity contribution in [3.8, 4) is 0 Å². The second kappa shape index (κ2) is 7.52. The smallest absolute Gasteiger partial charge is 0.240 e. The minimum absolute atomic E-state index is 0.0714. The van der Waals surface area contributed by atoms with E-state index in [4.69, 9.17) is 0 Å². The molecule has 0 aliphatic heterocycles. The normalized spacial score (nSPS) is 29.4. The van der Waals surface area contributed by atoms with Crippen LogP contribution in [0.15, 0.2) is 35.2 Å². The van der Waals surface area contributed by atoms with E-state index >= 15 is 0 Å². The van der Waals surface area contributed by atoms with Crippen molar-refractivity contribution in [2.75, 3.05) is 21.1 Å². The monoisotopic (exact) mass is 326 g/mol. The van der Waals surface area contributed by atoms with Crippen molar-refractivity contribution in [2.45, 2.75) is 41.9 Å². The highest BCUT2D eigenvalue weighted by Crippen LogP contribution is 2.22. The van der Waals surface area contributed by atoms with Crippen LogP contribution in [0, 0.1) is 0 Å². The van der Waals surface area contributed by atoms with E-state index in [0.717, 1.165) is 12.8 Å². The van der Waals surface area contributed by atoms with Gasteiger partial charge in [0.05, 0.1) is 10.9 Å². The quantitative estimate of drug-likeness (QED) is 0.586. The summed E-state index contributed by atoms with van der Waals surface area (Å²) >= 11 is 0. The van der Waals surface area contributed by atoms with Gasteiger partial charge in [0.2, 0.25) is 10.0 Å². The van der Waals surface area contributed by atoms with Gasteiger partial charge in [-0.05, 0) is 46.1 Å². The van der Waals surface area contributed by atoms with Crippen LogP contribution in [-0.4, -0.2) is 53.7 Å². The van der Waals surface area contributed by atoms with Gasteiger partial charge < -0.3 is 16.0 Å². The Kier molecular flexibility index (Phi) is 5.94. The van der Waals surface area contributed by atoms with E-state index in [1.165, 1.54) is 0 Å². The molecule has 0 spiro atoms. The van der Waals surface area contributed by atoms with Gasteiger partial charge in [0.15, 0.2) is 0 Å². The van der Waals surface area contributed by atoms with E-state index in [9.17, 15) is 8.42 Å². The highest BCUT2D eigenvalue weighted by atomic mass is 32.2. The lowest BCUT2D eigenvalue weighted by molar-refractivity contribution is 0.225. The summed E-state index contributed by atoms with van der Waals surface area (Å²) in [5.41, 5.74) is 0. The zero-order valence-corrected chi connectivity index (χ0v) is 14.2. The third kappa shape index (κ3) is 3.85. The second-order valence-corrected chi connectivity index (χ2v) is 7.42. The Morgan fingerprint density at radius 2 is 1.45 bits per heavy atom. The zero-order chi connectivity index (χ0) is 16.2. The van der Waals surface area contributed by atoms with Gasteiger partial charge in [-0.15, -0.1) is 0 Å². The van der Waals surface area contributed by atoms with Crippen molar-refractivity contribution in [1.29, 1.82) is 0 Å². The van der Waals surface area contributed by atoms with Crippen molar-refractivity contribution in [1.82, 2.24) is 20.7 Å². The molecule has 2 rings (SSSR count). The van der Waals surface area contributed by atoms with Gasteiger partial charge in [-0.25, -0.2) is 13.1 Å². The van der Waals surface area contributed by atoms with Gasteiger partial charge in [0, 0.05) is 18.1 Å². The number of sulfonamides is 1. The van der Waals surface area contributed by atoms with E-state index < -0.39 is 10.0 Å². The van der Waals surface area contributed by atoms with Crippen LogP contribution in [0.1, 0.15) is 12.8 Å². The van der Waals surface area contributed by atoms with Gasteiger partial charge in [0.1, 0.15) is 0 Å². The summed E-state index contributed by atoms with van der Waals surface area (Å²) in [5.74, 6) is 0. The summed E-state index contributed by atoms with van der Waals surface area (Å²) in [6.07, 6.45) is 1.76. The van der Waals surface area contributed by atoms with Crippen molar-refractivity contribution >= 4 is 10.0 Å². The zero-order valence-electron chi connectivity index (χ0n) is 13.3. The molecule has 1 aromatic carbocycles. The summed E-state index contributed by atoms with van der Waals surface area (Å²) < 4.78 is 28.1. The van der Waals surface area contributed by atoms with Gasteiger partial charge in [-0.2, -0.15) is 0 Å². The average Bonchev–Trinajstić information content (AvgIpc) is 2.55. The molecule has 0 saturated heterocycles. The lowest BCUT2D eigenvalue weighted by atomic mass is 9.83. The van der Waals surface area contributed by atoms with Crippen LogP contribution in [0.4, 0.5) is 0 Å². The molecule has 1 aliphatic carbocycles. The highest BCUT2D eigenvalue weighted by Gasteiger charge is 2.38. The maximum atomic E-state index is 12.6. The largest absolute Gasteiger partial charge is 0.317 e. The molecule has 2 atom stereocenters. The highest BCUT2D eigenvalue weighted by molar-refractivity contribution is 7.89. The first kappa shape index (κ1) is 17.4. The first-order valence-electron chi connectivity index (χ1n) is 7.61. The summed E-state index contributed by atoms with van der Waals surface area (Å²) in [6.45, 7) is 0. The lowest BCUT2D eigenvalue weighted by Gasteiger charge is -2.42. The third-order valence-corrected chi connectivity index (χ3v) is 5.91. The number of hydrogen-bond donors (Lipinski definition) is 4. The van der Waals surface area contributed by atoms with Crippen molar-refractivity contribution < 1.29 is 8.42 Å². The molecule has 1 saturated carbocycles. The molecule has 22 heavy (non-hydrogen) atoms. The van der Waals surface area contributed by atoms with Gasteiger partial charge in [-0.3, -0.25) is 0 Å². The number of hydrogen-bond acceptors (Lipinski definition) is 5. The van der Waals surface area contributed by atoms with Crippen LogP contribution in [-0.2, 0) is 10.0 Å². The molecule has 0 bridgehead atoms. The molecule has 1 fully saturated rings. The Balaban J connectivity index is 2.21.